The highest BCUT2D eigenvalue weighted by Crippen LogP contribution is 2.38. The van der Waals surface area contributed by atoms with Gasteiger partial charge >= 0.3 is 5.97 Å². The summed E-state index contributed by atoms with van der Waals surface area (Å²) in [7, 11) is 0. The number of rotatable bonds is 5. The van der Waals surface area contributed by atoms with Crippen LogP contribution in [0.2, 0.25) is 5.02 Å². The van der Waals surface area contributed by atoms with Gasteiger partial charge in [0.25, 0.3) is 5.91 Å². The fourth-order valence-electron chi connectivity index (χ4n) is 5.96. The quantitative estimate of drug-likeness (QED) is 0.398. The van der Waals surface area contributed by atoms with Crippen molar-refractivity contribution in [2.75, 3.05) is 32.8 Å². The molecule has 0 radical (unpaired) electrons. The van der Waals surface area contributed by atoms with Crippen LogP contribution in [-0.2, 0) is 19.7 Å². The van der Waals surface area contributed by atoms with Crippen molar-refractivity contribution in [1.29, 1.82) is 0 Å². The highest BCUT2D eigenvalue weighted by atomic mass is 35.5. The number of hydrogen-bond acceptors (Lipinski definition) is 6. The molecule has 2 amide bonds. The van der Waals surface area contributed by atoms with Crippen LogP contribution in [0.5, 0.6) is 0 Å². The average molecular weight is 596 g/mol. The monoisotopic (exact) mass is 595 g/mol. The first-order chi connectivity index (χ1) is 19.7. The Hall–Kier alpha value is -3.43. The summed E-state index contributed by atoms with van der Waals surface area (Å²) in [6.45, 7) is 11.6. The molecule has 0 atom stereocenters. The number of aromatic nitrogens is 1. The standard InChI is InChI=1S/C32H38ClN3O6/c1-30(2,3)22-16-23(20-6-8-21(33)9-7-20)34-24-17-25(42-27(22)24)28(38)36-13-12-35(19-31(36,4)5)26(37)18-32(29(39)40)10-14-41-15-11-32/h6-9,16-17H,10-15,18-19H2,1-5H3,(H,39,40). The summed E-state index contributed by atoms with van der Waals surface area (Å²) in [4.78, 5) is 47.5. The molecule has 2 aliphatic heterocycles. The fraction of sp³-hybridized carbons (Fsp3) is 0.500. The second kappa shape index (κ2) is 11.0. The molecule has 2 fully saturated rings. The molecule has 2 aromatic heterocycles. The van der Waals surface area contributed by atoms with E-state index in [1.54, 1.807) is 15.9 Å². The van der Waals surface area contributed by atoms with Crippen molar-refractivity contribution >= 4 is 40.5 Å². The number of piperazine rings is 1. The van der Waals surface area contributed by atoms with Gasteiger partial charge in [-0.3, -0.25) is 14.4 Å². The summed E-state index contributed by atoms with van der Waals surface area (Å²) in [5.41, 5.74) is 1.70. The van der Waals surface area contributed by atoms with Gasteiger partial charge in [0.05, 0.1) is 16.6 Å². The number of hydrogen-bond donors (Lipinski definition) is 1. The summed E-state index contributed by atoms with van der Waals surface area (Å²) in [6, 6.07) is 11.2. The maximum absolute atomic E-state index is 13.9. The van der Waals surface area contributed by atoms with Crippen LogP contribution in [0, 0.1) is 5.41 Å². The third-order valence-electron chi connectivity index (χ3n) is 8.53. The number of furan rings is 1. The molecule has 9 nitrogen and oxygen atoms in total. The number of benzene rings is 1. The van der Waals surface area contributed by atoms with Crippen LogP contribution < -0.4 is 0 Å². The first-order valence-electron chi connectivity index (χ1n) is 14.3. The molecule has 5 rings (SSSR count). The zero-order chi connectivity index (χ0) is 30.4. The minimum absolute atomic E-state index is 0.0729. The number of carbonyl (C=O) groups excluding carboxylic acids is 2. The van der Waals surface area contributed by atoms with Gasteiger partial charge in [0.1, 0.15) is 5.52 Å². The normalized spacial score (nSPS) is 18.7. The second-order valence-electron chi connectivity index (χ2n) is 13.1. The zero-order valence-corrected chi connectivity index (χ0v) is 25.6. The zero-order valence-electron chi connectivity index (χ0n) is 24.8. The van der Waals surface area contributed by atoms with Crippen LogP contribution in [-0.4, -0.2) is 76.1 Å². The van der Waals surface area contributed by atoms with Crippen LogP contribution in [0.15, 0.2) is 40.8 Å². The van der Waals surface area contributed by atoms with E-state index in [2.05, 4.69) is 20.8 Å². The van der Waals surface area contributed by atoms with Gasteiger partial charge in [-0.25, -0.2) is 4.98 Å². The molecule has 3 aromatic rings. The van der Waals surface area contributed by atoms with Crippen LogP contribution in [0.4, 0.5) is 0 Å². The van der Waals surface area contributed by atoms with E-state index in [4.69, 9.17) is 25.7 Å². The summed E-state index contributed by atoms with van der Waals surface area (Å²) in [5.74, 6) is -1.25. The molecule has 4 heterocycles. The lowest BCUT2D eigenvalue weighted by Gasteiger charge is -2.47. The van der Waals surface area contributed by atoms with Crippen molar-refractivity contribution in [2.45, 2.75) is 64.8 Å². The van der Waals surface area contributed by atoms with E-state index in [0.29, 0.717) is 55.3 Å². The molecule has 42 heavy (non-hydrogen) atoms. The van der Waals surface area contributed by atoms with E-state index in [9.17, 15) is 19.5 Å². The fourth-order valence-corrected chi connectivity index (χ4v) is 6.09. The Morgan fingerprint density at radius 1 is 1.05 bits per heavy atom. The highest BCUT2D eigenvalue weighted by Gasteiger charge is 2.45. The van der Waals surface area contributed by atoms with Crippen molar-refractivity contribution in [3.63, 3.8) is 0 Å². The van der Waals surface area contributed by atoms with E-state index in [1.807, 2.05) is 44.2 Å². The lowest BCUT2D eigenvalue weighted by atomic mass is 9.77. The largest absolute Gasteiger partial charge is 0.481 e. The van der Waals surface area contributed by atoms with E-state index in [1.165, 1.54) is 0 Å². The maximum Gasteiger partial charge on any atom is 0.310 e. The Bertz CT molecular complexity index is 1520. The molecular formula is C32H38ClN3O6. The minimum atomic E-state index is -1.11. The average Bonchev–Trinajstić information content (AvgIpc) is 3.36. The topological polar surface area (TPSA) is 113 Å². The van der Waals surface area contributed by atoms with Gasteiger partial charge in [0.2, 0.25) is 5.91 Å². The third-order valence-corrected chi connectivity index (χ3v) is 8.78. The molecule has 2 saturated heterocycles. The van der Waals surface area contributed by atoms with E-state index < -0.39 is 16.9 Å². The Labute approximate surface area is 250 Å². The lowest BCUT2D eigenvalue weighted by Crippen LogP contribution is -2.62. The van der Waals surface area contributed by atoms with Crippen LogP contribution in [0.1, 0.15) is 70.0 Å². The van der Waals surface area contributed by atoms with Crippen LogP contribution >= 0.6 is 11.6 Å². The smallest absolute Gasteiger partial charge is 0.310 e. The predicted molar refractivity (Wildman–Crippen MR) is 160 cm³/mol. The molecule has 1 N–H and O–H groups in total. The van der Waals surface area contributed by atoms with Gasteiger partial charge in [-0.15, -0.1) is 0 Å². The maximum atomic E-state index is 13.9. The van der Waals surface area contributed by atoms with Crippen molar-refractivity contribution in [2.24, 2.45) is 5.41 Å². The summed E-state index contributed by atoms with van der Waals surface area (Å²) in [6.07, 6.45) is 0.551. The molecule has 0 bridgehead atoms. The number of carbonyl (C=O) groups is 3. The van der Waals surface area contributed by atoms with E-state index >= 15 is 0 Å². The van der Waals surface area contributed by atoms with Gasteiger partial charge in [-0.05, 0) is 50.3 Å². The third kappa shape index (κ3) is 5.77. The number of pyridine rings is 1. The summed E-state index contributed by atoms with van der Waals surface area (Å²) >= 11 is 6.09. The van der Waals surface area contributed by atoms with Gasteiger partial charge in [-0.1, -0.05) is 44.5 Å². The number of aliphatic carboxylic acids is 1. The van der Waals surface area contributed by atoms with Gasteiger partial charge in [0, 0.05) is 61.5 Å². The van der Waals surface area contributed by atoms with Crippen LogP contribution in [0.3, 0.4) is 0 Å². The van der Waals surface area contributed by atoms with Gasteiger partial charge in [-0.2, -0.15) is 0 Å². The molecule has 1 aromatic carbocycles. The molecule has 0 aliphatic carbocycles. The van der Waals surface area contributed by atoms with E-state index in [-0.39, 0.29) is 36.0 Å². The Balaban J connectivity index is 1.39. The van der Waals surface area contributed by atoms with Crippen molar-refractivity contribution in [3.8, 4) is 11.3 Å². The molecule has 2 aliphatic rings. The molecule has 10 heteroatoms. The number of nitrogens with zero attached hydrogens (tertiary/aromatic N) is 3. The van der Waals surface area contributed by atoms with Crippen molar-refractivity contribution in [1.82, 2.24) is 14.8 Å². The molecule has 224 valence electrons. The number of carboxylic acid groups (broad SMARTS) is 1. The molecule has 0 saturated carbocycles. The molecular weight excluding hydrogens is 558 g/mol. The predicted octanol–water partition coefficient (Wildman–Crippen LogP) is 5.78. The summed E-state index contributed by atoms with van der Waals surface area (Å²) < 4.78 is 11.6. The number of ether oxygens (including phenoxy) is 1. The number of fused-ring (bicyclic) bond motifs is 1. The highest BCUT2D eigenvalue weighted by molar-refractivity contribution is 6.30. The van der Waals surface area contributed by atoms with E-state index in [0.717, 1.165) is 16.8 Å². The summed E-state index contributed by atoms with van der Waals surface area (Å²) in [5, 5.41) is 10.5. The van der Waals surface area contributed by atoms with Gasteiger partial charge in [0.15, 0.2) is 11.3 Å². The first kappa shape index (κ1) is 30.0. The Morgan fingerprint density at radius 2 is 1.71 bits per heavy atom. The molecule has 0 spiro atoms. The molecule has 0 unspecified atom stereocenters. The van der Waals surface area contributed by atoms with Gasteiger partial charge < -0.3 is 24.1 Å². The number of amides is 2. The first-order valence-corrected chi connectivity index (χ1v) is 14.7. The second-order valence-corrected chi connectivity index (χ2v) is 13.5. The Morgan fingerprint density at radius 3 is 2.31 bits per heavy atom. The minimum Gasteiger partial charge on any atom is -0.481 e. The van der Waals surface area contributed by atoms with Crippen LogP contribution in [0.25, 0.3) is 22.4 Å². The van der Waals surface area contributed by atoms with Crippen molar-refractivity contribution in [3.05, 3.63) is 52.7 Å². The lowest BCUT2D eigenvalue weighted by molar-refractivity contribution is -0.160. The SMILES string of the molecule is CC(C)(C)c1cc(-c2ccc(Cl)cc2)nc2cc(C(=O)N3CCN(C(=O)CC4(C(=O)O)CCOCC4)CC3(C)C)oc12. The van der Waals surface area contributed by atoms with Crippen molar-refractivity contribution < 1.29 is 28.6 Å². The Kier molecular flexibility index (Phi) is 7.87. The number of carboxylic acids is 1. The number of halogens is 1.